The molecule has 1 heterocycles. The lowest BCUT2D eigenvalue weighted by atomic mass is 9.93. The minimum atomic E-state index is -0.288. The van der Waals surface area contributed by atoms with Crippen molar-refractivity contribution in [2.75, 3.05) is 13.2 Å². The Kier molecular flexibility index (Phi) is 5.11. The van der Waals surface area contributed by atoms with Crippen LogP contribution in [0, 0.1) is 5.82 Å². The Morgan fingerprint density at radius 2 is 1.88 bits per heavy atom. The first kappa shape index (κ1) is 16.5. The van der Waals surface area contributed by atoms with Gasteiger partial charge in [-0.2, -0.15) is 0 Å². The number of rotatable bonds is 6. The van der Waals surface area contributed by atoms with Gasteiger partial charge in [-0.05, 0) is 48.2 Å². The molecular formula is C19H21FN2O2. The van der Waals surface area contributed by atoms with Crippen LogP contribution in [0.3, 0.4) is 0 Å². The van der Waals surface area contributed by atoms with Gasteiger partial charge in [0.05, 0.1) is 12.6 Å². The fourth-order valence-corrected chi connectivity index (χ4v) is 3.08. The molecule has 126 valence electrons. The van der Waals surface area contributed by atoms with Crippen molar-refractivity contribution in [3.63, 3.8) is 0 Å². The maximum atomic E-state index is 12.9. The largest absolute Gasteiger partial charge is 0.494 e. The van der Waals surface area contributed by atoms with Gasteiger partial charge < -0.3 is 10.5 Å². The van der Waals surface area contributed by atoms with Crippen molar-refractivity contribution in [2.24, 2.45) is 5.73 Å². The molecule has 1 aliphatic rings. The molecule has 0 radical (unpaired) electrons. The summed E-state index contributed by atoms with van der Waals surface area (Å²) in [5, 5.41) is 0. The first-order chi connectivity index (χ1) is 11.6. The van der Waals surface area contributed by atoms with E-state index in [0.29, 0.717) is 18.8 Å². The summed E-state index contributed by atoms with van der Waals surface area (Å²) in [4.78, 5) is 13.9. The molecule has 2 N–H and O–H groups in total. The normalized spacial score (nSPS) is 17.3. The first-order valence-corrected chi connectivity index (χ1v) is 8.12. The van der Waals surface area contributed by atoms with Crippen LogP contribution in [0.1, 0.15) is 17.5 Å². The van der Waals surface area contributed by atoms with Crippen LogP contribution < -0.4 is 10.5 Å². The van der Waals surface area contributed by atoms with Crippen LogP contribution in [0.5, 0.6) is 5.75 Å². The van der Waals surface area contributed by atoms with E-state index in [4.69, 9.17) is 10.5 Å². The molecule has 0 unspecified atom stereocenters. The molecule has 0 bridgehead atoms. The molecule has 0 aromatic heterocycles. The maximum absolute atomic E-state index is 12.9. The number of hydrogen-bond acceptors (Lipinski definition) is 3. The third-order valence-corrected chi connectivity index (χ3v) is 4.35. The van der Waals surface area contributed by atoms with Crippen LogP contribution in [0.2, 0.25) is 0 Å². The average Bonchev–Trinajstić information content (AvgIpc) is 2.59. The van der Waals surface area contributed by atoms with Gasteiger partial charge in [-0.15, -0.1) is 0 Å². The minimum Gasteiger partial charge on any atom is -0.494 e. The van der Waals surface area contributed by atoms with E-state index in [9.17, 15) is 9.18 Å². The summed E-state index contributed by atoms with van der Waals surface area (Å²) in [7, 11) is 0. The average molecular weight is 328 g/mol. The van der Waals surface area contributed by atoms with Gasteiger partial charge in [0, 0.05) is 13.1 Å². The molecule has 2 aromatic rings. The van der Waals surface area contributed by atoms with Gasteiger partial charge in [0.1, 0.15) is 11.6 Å². The molecule has 1 aliphatic heterocycles. The van der Waals surface area contributed by atoms with Crippen LogP contribution in [-0.2, 0) is 17.8 Å². The lowest BCUT2D eigenvalue weighted by Gasteiger charge is -2.35. The third-order valence-electron chi connectivity index (χ3n) is 4.35. The van der Waals surface area contributed by atoms with Crippen molar-refractivity contribution in [3.05, 3.63) is 65.5 Å². The standard InChI is InChI=1S/C19H21FN2O2/c20-16-6-8-17(9-7-16)24-11-3-10-22-13-15-5-2-1-4-14(15)12-18(22)19(21)23/h1-2,4-9,18H,3,10-13H2,(H2,21,23)/t18-/m1/s1. The molecule has 0 saturated heterocycles. The Morgan fingerprint density at radius 1 is 1.17 bits per heavy atom. The topological polar surface area (TPSA) is 55.6 Å². The molecule has 2 aromatic carbocycles. The molecule has 5 heteroatoms. The lowest BCUT2D eigenvalue weighted by Crippen LogP contribution is -2.49. The highest BCUT2D eigenvalue weighted by molar-refractivity contribution is 5.80. The van der Waals surface area contributed by atoms with Gasteiger partial charge in [-0.1, -0.05) is 24.3 Å². The number of carbonyl (C=O) groups is 1. The Bertz CT molecular complexity index is 703. The zero-order valence-electron chi connectivity index (χ0n) is 13.5. The zero-order chi connectivity index (χ0) is 16.9. The lowest BCUT2D eigenvalue weighted by molar-refractivity contribution is -0.123. The van der Waals surface area contributed by atoms with Crippen molar-refractivity contribution in [2.45, 2.75) is 25.4 Å². The summed E-state index contributed by atoms with van der Waals surface area (Å²) in [6.07, 6.45) is 1.42. The number of primary amides is 1. The summed E-state index contributed by atoms with van der Waals surface area (Å²) in [6, 6.07) is 13.8. The number of nitrogens with zero attached hydrogens (tertiary/aromatic N) is 1. The summed E-state index contributed by atoms with van der Waals surface area (Å²) < 4.78 is 18.5. The molecule has 24 heavy (non-hydrogen) atoms. The molecular weight excluding hydrogens is 307 g/mol. The van der Waals surface area contributed by atoms with E-state index in [1.165, 1.54) is 23.3 Å². The van der Waals surface area contributed by atoms with E-state index in [0.717, 1.165) is 19.5 Å². The molecule has 1 amide bonds. The second-order valence-electron chi connectivity index (χ2n) is 6.02. The highest BCUT2D eigenvalue weighted by atomic mass is 19.1. The van der Waals surface area contributed by atoms with Crippen molar-refractivity contribution < 1.29 is 13.9 Å². The van der Waals surface area contributed by atoms with Crippen LogP contribution in [-0.4, -0.2) is 30.0 Å². The van der Waals surface area contributed by atoms with E-state index in [1.807, 2.05) is 12.1 Å². The monoisotopic (exact) mass is 328 g/mol. The van der Waals surface area contributed by atoms with Gasteiger partial charge in [0.2, 0.25) is 5.91 Å². The fraction of sp³-hybridized carbons (Fsp3) is 0.316. The number of nitrogens with two attached hydrogens (primary N) is 1. The SMILES string of the molecule is NC(=O)[C@H]1Cc2ccccc2CN1CCCOc1ccc(F)cc1. The molecule has 0 saturated carbocycles. The predicted octanol–water partition coefficient (Wildman–Crippen LogP) is 2.51. The highest BCUT2D eigenvalue weighted by Gasteiger charge is 2.29. The van der Waals surface area contributed by atoms with Gasteiger partial charge in [-0.25, -0.2) is 4.39 Å². The number of amides is 1. The van der Waals surface area contributed by atoms with E-state index < -0.39 is 0 Å². The van der Waals surface area contributed by atoms with E-state index in [-0.39, 0.29) is 17.8 Å². The summed E-state index contributed by atoms with van der Waals surface area (Å²) in [6.45, 7) is 1.96. The second kappa shape index (κ2) is 7.45. The fourth-order valence-electron chi connectivity index (χ4n) is 3.08. The van der Waals surface area contributed by atoms with E-state index in [2.05, 4.69) is 17.0 Å². The Balaban J connectivity index is 1.55. The van der Waals surface area contributed by atoms with Gasteiger partial charge >= 0.3 is 0 Å². The summed E-state index contributed by atoms with van der Waals surface area (Å²) in [5.74, 6) is 0.0782. The van der Waals surface area contributed by atoms with Gasteiger partial charge in [0.15, 0.2) is 0 Å². The Hall–Kier alpha value is -2.40. The smallest absolute Gasteiger partial charge is 0.235 e. The van der Waals surface area contributed by atoms with E-state index in [1.54, 1.807) is 12.1 Å². The zero-order valence-corrected chi connectivity index (χ0v) is 13.5. The van der Waals surface area contributed by atoms with Crippen LogP contribution in [0.15, 0.2) is 48.5 Å². The van der Waals surface area contributed by atoms with Crippen molar-refractivity contribution in [1.82, 2.24) is 4.90 Å². The summed E-state index contributed by atoms with van der Waals surface area (Å²) >= 11 is 0. The second-order valence-corrected chi connectivity index (χ2v) is 6.02. The van der Waals surface area contributed by atoms with Gasteiger partial charge in [-0.3, -0.25) is 9.69 Å². The third kappa shape index (κ3) is 3.92. The highest BCUT2D eigenvalue weighted by Crippen LogP contribution is 2.23. The quantitative estimate of drug-likeness (QED) is 0.829. The molecule has 0 fully saturated rings. The van der Waals surface area contributed by atoms with Crippen molar-refractivity contribution in [3.8, 4) is 5.75 Å². The van der Waals surface area contributed by atoms with Gasteiger partial charge in [0.25, 0.3) is 0 Å². The van der Waals surface area contributed by atoms with Crippen molar-refractivity contribution >= 4 is 5.91 Å². The minimum absolute atomic E-state index is 0.272. The summed E-state index contributed by atoms with van der Waals surface area (Å²) in [5.41, 5.74) is 8.02. The Morgan fingerprint density at radius 3 is 2.58 bits per heavy atom. The number of ether oxygens (including phenoxy) is 1. The number of benzene rings is 2. The molecule has 4 nitrogen and oxygen atoms in total. The molecule has 3 rings (SSSR count). The number of hydrogen-bond donors (Lipinski definition) is 1. The van der Waals surface area contributed by atoms with Crippen molar-refractivity contribution in [1.29, 1.82) is 0 Å². The van der Waals surface area contributed by atoms with Crippen LogP contribution >= 0.6 is 0 Å². The number of carbonyl (C=O) groups excluding carboxylic acids is 1. The molecule has 1 atom stereocenters. The number of halogens is 1. The van der Waals surface area contributed by atoms with Crippen LogP contribution in [0.25, 0.3) is 0 Å². The molecule has 0 spiro atoms. The van der Waals surface area contributed by atoms with Crippen LogP contribution in [0.4, 0.5) is 4.39 Å². The van der Waals surface area contributed by atoms with E-state index >= 15 is 0 Å². The first-order valence-electron chi connectivity index (χ1n) is 8.12. The molecule has 0 aliphatic carbocycles. The maximum Gasteiger partial charge on any atom is 0.235 e. The Labute approximate surface area is 141 Å². The number of fused-ring (bicyclic) bond motifs is 1. The predicted molar refractivity (Wildman–Crippen MR) is 90.1 cm³/mol.